The summed E-state index contributed by atoms with van der Waals surface area (Å²) in [4.78, 5) is 13.3. The predicted molar refractivity (Wildman–Crippen MR) is 133 cm³/mol. The van der Waals surface area contributed by atoms with Crippen molar-refractivity contribution in [2.75, 3.05) is 26.2 Å². The summed E-state index contributed by atoms with van der Waals surface area (Å²) in [7, 11) is 0. The first-order valence-corrected chi connectivity index (χ1v) is 12.0. The Morgan fingerprint density at radius 3 is 2.18 bits per heavy atom. The molecule has 0 radical (unpaired) electrons. The van der Waals surface area contributed by atoms with Gasteiger partial charge in [0.25, 0.3) is 0 Å². The van der Waals surface area contributed by atoms with E-state index in [-0.39, 0.29) is 22.8 Å². The lowest BCUT2D eigenvalue weighted by molar-refractivity contribution is -0.385. The van der Waals surface area contributed by atoms with Crippen molar-refractivity contribution in [2.45, 2.75) is 38.4 Å². The maximum absolute atomic E-state index is 11.2. The number of nitro benzene ring substituents is 1. The lowest BCUT2D eigenvalue weighted by atomic mass is 10.00. The van der Waals surface area contributed by atoms with Crippen molar-refractivity contribution in [1.29, 1.82) is 0 Å². The van der Waals surface area contributed by atoms with E-state index in [1.54, 1.807) is 12.1 Å². The maximum atomic E-state index is 11.2. The molecule has 1 aliphatic heterocycles. The van der Waals surface area contributed by atoms with Gasteiger partial charge in [-0.05, 0) is 48.9 Å². The number of benzene rings is 3. The number of ether oxygens (including phenoxy) is 2. The summed E-state index contributed by atoms with van der Waals surface area (Å²) in [5.41, 5.74) is 3.24. The molecule has 1 fully saturated rings. The van der Waals surface area contributed by atoms with Crippen LogP contribution in [-0.2, 0) is 4.74 Å². The molecule has 1 heterocycles. The molecule has 3 aromatic rings. The number of piperidine rings is 1. The molecule has 0 unspecified atom stereocenters. The molecule has 0 atom stereocenters. The predicted octanol–water partition coefficient (Wildman–Crippen LogP) is 5.94. The van der Waals surface area contributed by atoms with Gasteiger partial charge in [0, 0.05) is 25.7 Å². The zero-order valence-electron chi connectivity index (χ0n) is 19.6. The summed E-state index contributed by atoms with van der Waals surface area (Å²) >= 11 is 0. The Hall–Kier alpha value is -3.22. The third kappa shape index (κ3) is 6.43. The molecule has 34 heavy (non-hydrogen) atoms. The van der Waals surface area contributed by atoms with Crippen LogP contribution in [0, 0.1) is 17.0 Å². The quantitative estimate of drug-likeness (QED) is 0.213. The Balaban J connectivity index is 1.25. The van der Waals surface area contributed by atoms with Crippen LogP contribution in [-0.4, -0.2) is 42.2 Å². The average Bonchev–Trinajstić information content (AvgIpc) is 2.87. The van der Waals surface area contributed by atoms with Gasteiger partial charge in [-0.2, -0.15) is 0 Å². The molecular formula is C28H32N2O4. The van der Waals surface area contributed by atoms with Crippen LogP contribution in [0.15, 0.2) is 78.9 Å². The molecule has 0 aliphatic carbocycles. The highest BCUT2D eigenvalue weighted by Gasteiger charge is 2.24. The van der Waals surface area contributed by atoms with Gasteiger partial charge < -0.3 is 14.4 Å². The molecule has 0 saturated carbocycles. The summed E-state index contributed by atoms with van der Waals surface area (Å²) in [6.07, 6.45) is 2.96. The largest absolute Gasteiger partial charge is 0.487 e. The molecule has 6 heteroatoms. The highest BCUT2D eigenvalue weighted by atomic mass is 16.6. The minimum Gasteiger partial charge on any atom is -0.487 e. The summed E-state index contributed by atoms with van der Waals surface area (Å²) in [5, 5.41) is 11.2. The number of nitro groups is 1. The molecule has 178 valence electrons. The van der Waals surface area contributed by atoms with Gasteiger partial charge in [0.1, 0.15) is 6.10 Å². The number of aryl methyl sites for hydroxylation is 1. The van der Waals surface area contributed by atoms with Gasteiger partial charge in [0.2, 0.25) is 0 Å². The van der Waals surface area contributed by atoms with E-state index >= 15 is 0 Å². The first-order valence-electron chi connectivity index (χ1n) is 12.0. The monoisotopic (exact) mass is 460 g/mol. The molecule has 3 aromatic carbocycles. The SMILES string of the molecule is Cc1ccc(OCCCN2CCC(OC(c3ccccc3)c3ccccc3)CC2)c([N+](=O)[O-])c1. The van der Waals surface area contributed by atoms with Gasteiger partial charge in [-0.15, -0.1) is 0 Å². The Kier molecular flexibility index (Phi) is 8.28. The standard InChI is InChI=1S/C28H32N2O4/c1-22-13-14-27(26(21-22)30(31)32)33-20-8-17-29-18-15-25(16-19-29)34-28(23-9-4-2-5-10-23)24-11-6-3-7-12-24/h2-7,9-14,21,25,28H,8,15-20H2,1H3. The van der Waals surface area contributed by atoms with Crippen molar-refractivity contribution in [1.82, 2.24) is 4.90 Å². The van der Waals surface area contributed by atoms with E-state index in [0.29, 0.717) is 12.4 Å². The number of nitrogens with zero attached hydrogens (tertiary/aromatic N) is 2. The molecule has 0 aromatic heterocycles. The van der Waals surface area contributed by atoms with Crippen molar-refractivity contribution in [3.8, 4) is 5.75 Å². The second-order valence-electron chi connectivity index (χ2n) is 8.81. The Bertz CT molecular complexity index is 1010. The van der Waals surface area contributed by atoms with Crippen LogP contribution in [0.2, 0.25) is 0 Å². The Morgan fingerprint density at radius 2 is 1.59 bits per heavy atom. The molecule has 6 nitrogen and oxygen atoms in total. The van der Waals surface area contributed by atoms with E-state index in [0.717, 1.165) is 44.5 Å². The van der Waals surface area contributed by atoms with Crippen LogP contribution >= 0.6 is 0 Å². The van der Waals surface area contributed by atoms with Gasteiger partial charge in [0.15, 0.2) is 5.75 Å². The number of hydrogen-bond donors (Lipinski definition) is 0. The zero-order chi connectivity index (χ0) is 23.8. The van der Waals surface area contributed by atoms with Crippen molar-refractivity contribution < 1.29 is 14.4 Å². The summed E-state index contributed by atoms with van der Waals surface area (Å²) < 4.78 is 12.3. The first kappa shape index (κ1) is 23.9. The van der Waals surface area contributed by atoms with Gasteiger partial charge in [-0.25, -0.2) is 0 Å². The molecule has 0 amide bonds. The molecule has 1 saturated heterocycles. The fourth-order valence-corrected chi connectivity index (χ4v) is 4.43. The molecule has 1 aliphatic rings. The molecule has 4 rings (SSSR count). The van der Waals surface area contributed by atoms with Crippen molar-refractivity contribution in [3.63, 3.8) is 0 Å². The normalized spacial score (nSPS) is 14.9. The third-order valence-electron chi connectivity index (χ3n) is 6.26. The summed E-state index contributed by atoms with van der Waals surface area (Å²) in [6, 6.07) is 25.9. The third-order valence-corrected chi connectivity index (χ3v) is 6.26. The maximum Gasteiger partial charge on any atom is 0.311 e. The first-order chi connectivity index (χ1) is 16.6. The fourth-order valence-electron chi connectivity index (χ4n) is 4.43. The van der Waals surface area contributed by atoms with Gasteiger partial charge in [0.05, 0.1) is 17.6 Å². The summed E-state index contributed by atoms with van der Waals surface area (Å²) in [6.45, 7) is 5.17. The molecule has 0 bridgehead atoms. The molecule has 0 spiro atoms. The van der Waals surface area contributed by atoms with Gasteiger partial charge in [-0.3, -0.25) is 10.1 Å². The fraction of sp³-hybridized carbons (Fsp3) is 0.357. The lowest BCUT2D eigenvalue weighted by Crippen LogP contribution is -2.38. The van der Waals surface area contributed by atoms with Gasteiger partial charge >= 0.3 is 5.69 Å². The second kappa shape index (κ2) is 11.8. The van der Waals surface area contributed by atoms with Crippen LogP contribution in [0.5, 0.6) is 5.75 Å². The van der Waals surface area contributed by atoms with Crippen molar-refractivity contribution >= 4 is 5.69 Å². The Labute approximate surface area is 201 Å². The van der Waals surface area contributed by atoms with Crippen molar-refractivity contribution in [3.05, 3.63) is 106 Å². The average molecular weight is 461 g/mol. The summed E-state index contributed by atoms with van der Waals surface area (Å²) in [5.74, 6) is 0.343. The van der Waals surface area contributed by atoms with Crippen molar-refractivity contribution in [2.24, 2.45) is 0 Å². The number of likely N-dealkylation sites (tertiary alicyclic amines) is 1. The molecular weight excluding hydrogens is 428 g/mol. The van der Waals surface area contributed by atoms with E-state index in [4.69, 9.17) is 9.47 Å². The van der Waals surface area contributed by atoms with Crippen LogP contribution in [0.3, 0.4) is 0 Å². The van der Waals surface area contributed by atoms with E-state index < -0.39 is 0 Å². The number of hydrogen-bond acceptors (Lipinski definition) is 5. The van der Waals surface area contributed by atoms with E-state index in [2.05, 4.69) is 53.4 Å². The minimum absolute atomic E-state index is 0.0318. The highest BCUT2D eigenvalue weighted by Crippen LogP contribution is 2.30. The molecule has 0 N–H and O–H groups in total. The lowest BCUT2D eigenvalue weighted by Gasteiger charge is -2.34. The van der Waals surface area contributed by atoms with E-state index in [1.807, 2.05) is 25.1 Å². The van der Waals surface area contributed by atoms with Crippen LogP contribution in [0.4, 0.5) is 5.69 Å². The Morgan fingerprint density at radius 1 is 0.971 bits per heavy atom. The van der Waals surface area contributed by atoms with Crippen LogP contribution < -0.4 is 4.74 Å². The zero-order valence-corrected chi connectivity index (χ0v) is 19.6. The van der Waals surface area contributed by atoms with E-state index in [9.17, 15) is 10.1 Å². The van der Waals surface area contributed by atoms with E-state index in [1.165, 1.54) is 11.1 Å². The second-order valence-corrected chi connectivity index (χ2v) is 8.81. The minimum atomic E-state index is -0.384. The van der Waals surface area contributed by atoms with Crippen LogP contribution in [0.25, 0.3) is 0 Å². The van der Waals surface area contributed by atoms with Crippen LogP contribution in [0.1, 0.15) is 42.1 Å². The smallest absolute Gasteiger partial charge is 0.311 e. The van der Waals surface area contributed by atoms with Gasteiger partial charge in [-0.1, -0.05) is 66.7 Å². The topological polar surface area (TPSA) is 64.8 Å². The number of rotatable bonds is 10. The highest BCUT2D eigenvalue weighted by molar-refractivity contribution is 5.48.